The van der Waals surface area contributed by atoms with E-state index >= 15 is 0 Å². The molecule has 0 bridgehead atoms. The second-order valence-corrected chi connectivity index (χ2v) is 9.89. The Balaban J connectivity index is 1.45. The van der Waals surface area contributed by atoms with Crippen molar-refractivity contribution < 1.29 is 64.0 Å². The predicted molar refractivity (Wildman–Crippen MR) is 128 cm³/mol. The monoisotopic (exact) mass is 579 g/mol. The minimum absolute atomic E-state index is 0.119. The van der Waals surface area contributed by atoms with Gasteiger partial charge in [0.05, 0.1) is 25.3 Å². The highest BCUT2D eigenvalue weighted by Crippen LogP contribution is 2.43. The summed E-state index contributed by atoms with van der Waals surface area (Å²) in [4.78, 5) is 39.6. The van der Waals surface area contributed by atoms with Gasteiger partial charge in [-0.2, -0.15) is 0 Å². The molecule has 41 heavy (non-hydrogen) atoms. The lowest BCUT2D eigenvalue weighted by Gasteiger charge is -2.50. The van der Waals surface area contributed by atoms with Crippen molar-refractivity contribution in [3.63, 3.8) is 0 Å². The summed E-state index contributed by atoms with van der Waals surface area (Å²) in [7, 11) is 0. The Kier molecular flexibility index (Phi) is 6.89. The van der Waals surface area contributed by atoms with Crippen LogP contribution in [0.15, 0.2) is 36.4 Å². The number of halogens is 1. The summed E-state index contributed by atoms with van der Waals surface area (Å²) in [5.41, 5.74) is -4.54. The highest BCUT2D eigenvalue weighted by Gasteiger charge is 2.76. The van der Waals surface area contributed by atoms with Crippen LogP contribution in [0.1, 0.15) is 27.0 Å². The van der Waals surface area contributed by atoms with E-state index in [1.165, 1.54) is 23.5 Å². The van der Waals surface area contributed by atoms with E-state index in [1.807, 2.05) is 4.90 Å². The molecule has 8 N–H and O–H groups in total. The number of imide groups is 1. The summed E-state index contributed by atoms with van der Waals surface area (Å²) in [5, 5.41) is 74.5. The van der Waals surface area contributed by atoms with Crippen molar-refractivity contribution in [2.45, 2.75) is 36.4 Å². The van der Waals surface area contributed by atoms with E-state index < -0.39 is 64.7 Å². The number of piperidine rings is 1. The van der Waals surface area contributed by atoms with Gasteiger partial charge in [-0.25, -0.2) is 4.39 Å². The van der Waals surface area contributed by atoms with Crippen molar-refractivity contribution in [1.82, 2.24) is 15.1 Å². The number of carbonyl (C=O) groups is 3. The van der Waals surface area contributed by atoms with Gasteiger partial charge in [-0.05, 0) is 29.8 Å². The van der Waals surface area contributed by atoms with E-state index in [9.17, 15) is 54.5 Å². The van der Waals surface area contributed by atoms with E-state index in [2.05, 4.69) is 0 Å². The minimum atomic E-state index is -4.32. The van der Waals surface area contributed by atoms with Crippen molar-refractivity contribution in [2.24, 2.45) is 0 Å². The Labute approximate surface area is 230 Å². The lowest BCUT2D eigenvalue weighted by Crippen LogP contribution is -2.85. The first-order valence-electron chi connectivity index (χ1n) is 12.3. The Bertz CT molecular complexity index is 1420. The van der Waals surface area contributed by atoms with Crippen LogP contribution in [-0.4, -0.2) is 107 Å². The molecule has 3 heterocycles. The number of hydrogen-bond acceptors (Lipinski definition) is 13. The predicted octanol–water partition coefficient (Wildman–Crippen LogP) is -3.51. The molecule has 220 valence electrons. The summed E-state index contributed by atoms with van der Waals surface area (Å²) in [6, 6.07) is 7.17. The number of nitrogens with one attached hydrogen (secondary N) is 1. The van der Waals surface area contributed by atoms with Gasteiger partial charge in [0.2, 0.25) is 0 Å². The lowest BCUT2D eigenvalue weighted by atomic mass is 9.86. The minimum Gasteiger partial charge on any atom is -0.435 e. The van der Waals surface area contributed by atoms with Gasteiger partial charge < -0.3 is 45.2 Å². The SMILES string of the molecule is O=C1c2cccc(OC(O)(O)c3cc(CN4CCOCC4)ccc3F)c2CN1C1(O)C(=O)NC(=O)C(O)(O)C1(O)O. The van der Waals surface area contributed by atoms with Gasteiger partial charge in [-0.3, -0.25) is 29.5 Å². The molecule has 1 atom stereocenters. The Morgan fingerprint density at radius 1 is 1.00 bits per heavy atom. The number of nitrogens with zero attached hydrogens (tertiary/aromatic N) is 2. The summed E-state index contributed by atoms with van der Waals surface area (Å²) in [6.45, 7) is 1.70. The van der Waals surface area contributed by atoms with Crippen molar-refractivity contribution in [3.05, 3.63) is 64.5 Å². The fourth-order valence-corrected chi connectivity index (χ4v) is 4.96. The van der Waals surface area contributed by atoms with E-state index in [-0.39, 0.29) is 16.0 Å². The van der Waals surface area contributed by atoms with E-state index in [1.54, 1.807) is 0 Å². The van der Waals surface area contributed by atoms with Crippen LogP contribution in [0, 0.1) is 5.82 Å². The third-order valence-corrected chi connectivity index (χ3v) is 7.29. The zero-order valence-electron chi connectivity index (χ0n) is 21.2. The highest BCUT2D eigenvalue weighted by atomic mass is 19.1. The Morgan fingerprint density at radius 3 is 2.37 bits per heavy atom. The van der Waals surface area contributed by atoms with E-state index in [4.69, 9.17) is 9.47 Å². The average Bonchev–Trinajstić information content (AvgIpc) is 3.26. The molecule has 15 nitrogen and oxygen atoms in total. The molecule has 3 amide bonds. The molecule has 16 heteroatoms. The molecule has 0 saturated carbocycles. The number of amides is 3. The molecule has 2 aromatic rings. The van der Waals surface area contributed by atoms with Crippen LogP contribution in [0.25, 0.3) is 0 Å². The van der Waals surface area contributed by atoms with Crippen molar-refractivity contribution in [2.75, 3.05) is 26.3 Å². The zero-order valence-corrected chi connectivity index (χ0v) is 21.2. The number of fused-ring (bicyclic) bond motifs is 1. The first-order valence-corrected chi connectivity index (χ1v) is 12.3. The number of carbonyl (C=O) groups excluding carboxylic acids is 3. The summed E-state index contributed by atoms with van der Waals surface area (Å²) in [5.74, 6) is -18.3. The molecule has 5 rings (SSSR count). The number of hydrogen-bond donors (Lipinski definition) is 8. The molecule has 0 spiro atoms. The second-order valence-electron chi connectivity index (χ2n) is 9.89. The molecule has 3 aliphatic rings. The number of benzene rings is 2. The molecule has 0 aromatic heterocycles. The summed E-state index contributed by atoms with van der Waals surface area (Å²) < 4.78 is 25.4. The average molecular weight is 579 g/mol. The molecule has 2 fully saturated rings. The van der Waals surface area contributed by atoms with Crippen LogP contribution in [-0.2, 0) is 33.4 Å². The second kappa shape index (κ2) is 9.76. The molecule has 1 unspecified atom stereocenters. The van der Waals surface area contributed by atoms with Gasteiger partial charge in [0.15, 0.2) is 0 Å². The number of morpholine rings is 1. The van der Waals surface area contributed by atoms with Gasteiger partial charge in [0, 0.05) is 30.8 Å². The van der Waals surface area contributed by atoms with Gasteiger partial charge in [-0.15, -0.1) is 0 Å². The quantitative estimate of drug-likeness (QED) is 0.123. The first-order chi connectivity index (χ1) is 19.1. The molecule has 0 aliphatic carbocycles. The van der Waals surface area contributed by atoms with Crippen molar-refractivity contribution in [3.8, 4) is 5.75 Å². The molecular formula is C25H26FN3O12. The molecular weight excluding hydrogens is 553 g/mol. The molecule has 0 radical (unpaired) electrons. The fraction of sp³-hybridized carbons (Fsp3) is 0.400. The van der Waals surface area contributed by atoms with Crippen molar-refractivity contribution >= 4 is 17.7 Å². The number of aliphatic hydroxyl groups is 7. The maximum atomic E-state index is 14.8. The molecule has 2 aromatic carbocycles. The Morgan fingerprint density at radius 2 is 1.68 bits per heavy atom. The van der Waals surface area contributed by atoms with Crippen LogP contribution >= 0.6 is 0 Å². The largest absolute Gasteiger partial charge is 0.435 e. The molecule has 3 aliphatic heterocycles. The number of ether oxygens (including phenoxy) is 2. The topological polar surface area (TPSA) is 230 Å². The smallest absolute Gasteiger partial charge is 0.354 e. The summed E-state index contributed by atoms with van der Waals surface area (Å²) in [6.07, 6.45) is 0. The standard InChI is InChI=1S/C25H26FN3O12/c26-17-5-4-13(11-28-6-8-40-9-7-28)10-16(17)24(36,37)41-18-3-1-2-14-15(18)12-29(19(14)30)22(33)20(31)27-21(32)23(34,35)25(22,38)39/h1-5,10,33-39H,6-9,11-12H2,(H,27,31,32). The lowest BCUT2D eigenvalue weighted by molar-refractivity contribution is -0.408. The third-order valence-electron chi connectivity index (χ3n) is 7.29. The van der Waals surface area contributed by atoms with Crippen LogP contribution < -0.4 is 10.1 Å². The van der Waals surface area contributed by atoms with Crippen molar-refractivity contribution in [1.29, 1.82) is 0 Å². The summed E-state index contributed by atoms with van der Waals surface area (Å²) >= 11 is 0. The maximum absolute atomic E-state index is 14.8. The van der Waals surface area contributed by atoms with E-state index in [0.717, 1.165) is 18.2 Å². The normalized spacial score (nSPS) is 24.3. The van der Waals surface area contributed by atoms with Crippen LogP contribution in [0.2, 0.25) is 0 Å². The Hall–Kier alpha value is -3.58. The fourth-order valence-electron chi connectivity index (χ4n) is 4.96. The van der Waals surface area contributed by atoms with Crippen LogP contribution in [0.4, 0.5) is 4.39 Å². The highest BCUT2D eigenvalue weighted by molar-refractivity contribution is 6.10. The third kappa shape index (κ3) is 4.45. The first kappa shape index (κ1) is 28.9. The zero-order chi connectivity index (χ0) is 30.0. The van der Waals surface area contributed by atoms with Gasteiger partial charge in [-0.1, -0.05) is 12.1 Å². The van der Waals surface area contributed by atoms with Crippen LogP contribution in [0.5, 0.6) is 5.75 Å². The van der Waals surface area contributed by atoms with E-state index in [0.29, 0.717) is 38.4 Å². The number of rotatable bonds is 6. The van der Waals surface area contributed by atoms with Crippen LogP contribution in [0.3, 0.4) is 0 Å². The van der Waals surface area contributed by atoms with Gasteiger partial charge in [0.25, 0.3) is 29.2 Å². The maximum Gasteiger partial charge on any atom is 0.354 e. The van der Waals surface area contributed by atoms with Gasteiger partial charge in [0.1, 0.15) is 11.6 Å². The molecule has 2 saturated heterocycles. The van der Waals surface area contributed by atoms with Gasteiger partial charge >= 0.3 is 11.8 Å².